The van der Waals surface area contributed by atoms with Crippen LogP contribution in [0, 0.1) is 28.6 Å². The monoisotopic (exact) mass is 265 g/mol. The van der Waals surface area contributed by atoms with E-state index in [1.54, 1.807) is 0 Å². The average molecular weight is 265 g/mol. The molecule has 108 valence electrons. The molecule has 0 spiro atoms. The fourth-order valence-corrected chi connectivity index (χ4v) is 3.35. The number of nitrogens with zero attached hydrogens (tertiary/aromatic N) is 1. The third kappa shape index (κ3) is 3.49. The molecule has 2 aliphatic rings. The molecular formula is C16H27NO2. The molecule has 0 aromatic carbocycles. The second kappa shape index (κ2) is 6.72. The molecule has 0 N–H and O–H groups in total. The second-order valence-corrected chi connectivity index (χ2v) is 6.31. The van der Waals surface area contributed by atoms with Crippen LogP contribution in [0.4, 0.5) is 0 Å². The van der Waals surface area contributed by atoms with Crippen LogP contribution in [0.5, 0.6) is 0 Å². The zero-order valence-electron chi connectivity index (χ0n) is 12.4. The maximum atomic E-state index is 9.22. The van der Waals surface area contributed by atoms with Gasteiger partial charge in [0.1, 0.15) is 5.41 Å². The lowest BCUT2D eigenvalue weighted by Gasteiger charge is -2.40. The van der Waals surface area contributed by atoms with Gasteiger partial charge >= 0.3 is 0 Å². The topological polar surface area (TPSA) is 42.2 Å². The molecule has 0 unspecified atom stereocenters. The van der Waals surface area contributed by atoms with E-state index >= 15 is 0 Å². The van der Waals surface area contributed by atoms with Gasteiger partial charge < -0.3 is 9.47 Å². The van der Waals surface area contributed by atoms with Crippen LogP contribution in [-0.4, -0.2) is 19.5 Å². The predicted molar refractivity (Wildman–Crippen MR) is 74.4 cm³/mol. The smallest absolute Gasteiger partial charge is 0.160 e. The van der Waals surface area contributed by atoms with Crippen molar-refractivity contribution in [2.45, 2.75) is 65.1 Å². The summed E-state index contributed by atoms with van der Waals surface area (Å²) < 4.78 is 11.7. The molecule has 2 rings (SSSR count). The van der Waals surface area contributed by atoms with Crippen LogP contribution in [0.3, 0.4) is 0 Å². The van der Waals surface area contributed by atoms with Gasteiger partial charge in [0.15, 0.2) is 6.29 Å². The van der Waals surface area contributed by atoms with Gasteiger partial charge in [-0.1, -0.05) is 26.7 Å². The van der Waals surface area contributed by atoms with Crippen LogP contribution < -0.4 is 0 Å². The Balaban J connectivity index is 1.78. The van der Waals surface area contributed by atoms with Crippen LogP contribution >= 0.6 is 0 Å². The minimum absolute atomic E-state index is 0.0596. The Bertz CT molecular complexity index is 307. The molecule has 1 aliphatic carbocycles. The molecule has 0 radical (unpaired) electrons. The van der Waals surface area contributed by atoms with Crippen LogP contribution in [0.2, 0.25) is 0 Å². The van der Waals surface area contributed by atoms with Crippen molar-refractivity contribution in [1.82, 2.24) is 0 Å². The minimum atomic E-state index is -0.407. The molecule has 1 saturated carbocycles. The lowest BCUT2D eigenvalue weighted by atomic mass is 9.79. The summed E-state index contributed by atoms with van der Waals surface area (Å²) in [7, 11) is 0. The first-order chi connectivity index (χ1) is 9.23. The third-order valence-electron chi connectivity index (χ3n) is 4.93. The fourth-order valence-electron chi connectivity index (χ4n) is 3.35. The minimum Gasteiger partial charge on any atom is -0.351 e. The van der Waals surface area contributed by atoms with Gasteiger partial charge in [0.2, 0.25) is 0 Å². The summed E-state index contributed by atoms with van der Waals surface area (Å²) >= 11 is 0. The van der Waals surface area contributed by atoms with Crippen molar-refractivity contribution in [3.8, 4) is 6.07 Å². The SMILES string of the molecule is CCC[C@H]1CC[C@H]([C@H]2OC[C@](C#N)(CC)CO2)CC1. The molecule has 0 aromatic rings. The highest BCUT2D eigenvalue weighted by Crippen LogP contribution is 2.37. The molecule has 1 saturated heterocycles. The molecule has 0 aromatic heterocycles. The molecule has 0 amide bonds. The number of nitriles is 1. The maximum absolute atomic E-state index is 9.22. The number of ether oxygens (including phenoxy) is 2. The quantitative estimate of drug-likeness (QED) is 0.774. The zero-order chi connectivity index (χ0) is 13.7. The first-order valence-electron chi connectivity index (χ1n) is 7.87. The molecule has 1 heterocycles. The Morgan fingerprint density at radius 2 is 1.74 bits per heavy atom. The molecule has 0 atom stereocenters. The first-order valence-corrected chi connectivity index (χ1v) is 7.87. The van der Waals surface area contributed by atoms with Crippen molar-refractivity contribution in [2.75, 3.05) is 13.2 Å². The maximum Gasteiger partial charge on any atom is 0.160 e. The Hall–Kier alpha value is -0.590. The molecular weight excluding hydrogens is 238 g/mol. The van der Waals surface area contributed by atoms with E-state index in [2.05, 4.69) is 13.0 Å². The van der Waals surface area contributed by atoms with E-state index in [-0.39, 0.29) is 6.29 Å². The van der Waals surface area contributed by atoms with Gasteiger partial charge in [-0.25, -0.2) is 0 Å². The van der Waals surface area contributed by atoms with E-state index in [1.807, 2.05) is 6.92 Å². The third-order valence-corrected chi connectivity index (χ3v) is 4.93. The number of rotatable bonds is 4. The lowest BCUT2D eigenvalue weighted by molar-refractivity contribution is -0.243. The van der Waals surface area contributed by atoms with Gasteiger partial charge in [-0.05, 0) is 38.0 Å². The van der Waals surface area contributed by atoms with E-state index in [1.165, 1.54) is 38.5 Å². The Labute approximate surface area is 117 Å². The molecule has 3 heteroatoms. The van der Waals surface area contributed by atoms with Crippen LogP contribution in [-0.2, 0) is 9.47 Å². The van der Waals surface area contributed by atoms with Crippen LogP contribution in [0.1, 0.15) is 58.8 Å². The number of hydrogen-bond donors (Lipinski definition) is 0. The molecule has 1 aliphatic heterocycles. The van der Waals surface area contributed by atoms with Crippen molar-refractivity contribution in [1.29, 1.82) is 5.26 Å². The van der Waals surface area contributed by atoms with E-state index in [9.17, 15) is 5.26 Å². The van der Waals surface area contributed by atoms with Gasteiger partial charge in [0.05, 0.1) is 19.3 Å². The van der Waals surface area contributed by atoms with E-state index in [0.717, 1.165) is 12.3 Å². The van der Waals surface area contributed by atoms with Crippen molar-refractivity contribution in [3.63, 3.8) is 0 Å². The Morgan fingerprint density at radius 3 is 2.21 bits per heavy atom. The highest BCUT2D eigenvalue weighted by molar-refractivity contribution is 5.00. The molecule has 0 bridgehead atoms. The van der Waals surface area contributed by atoms with Crippen LogP contribution in [0.25, 0.3) is 0 Å². The summed E-state index contributed by atoms with van der Waals surface area (Å²) in [6, 6.07) is 2.36. The highest BCUT2D eigenvalue weighted by Gasteiger charge is 2.39. The Kier molecular flexibility index (Phi) is 5.24. The zero-order valence-corrected chi connectivity index (χ0v) is 12.4. The lowest BCUT2D eigenvalue weighted by Crippen LogP contribution is -2.44. The second-order valence-electron chi connectivity index (χ2n) is 6.31. The summed E-state index contributed by atoms with van der Waals surface area (Å²) in [4.78, 5) is 0. The molecule has 3 nitrogen and oxygen atoms in total. The summed E-state index contributed by atoms with van der Waals surface area (Å²) in [5, 5.41) is 9.22. The fraction of sp³-hybridized carbons (Fsp3) is 0.938. The average Bonchev–Trinajstić information content (AvgIpc) is 2.49. The summed E-state index contributed by atoms with van der Waals surface area (Å²) in [5.74, 6) is 1.46. The Morgan fingerprint density at radius 1 is 1.11 bits per heavy atom. The van der Waals surface area contributed by atoms with Crippen molar-refractivity contribution < 1.29 is 9.47 Å². The van der Waals surface area contributed by atoms with Gasteiger partial charge in [-0.15, -0.1) is 0 Å². The normalized spacial score (nSPS) is 39.7. The van der Waals surface area contributed by atoms with E-state index < -0.39 is 5.41 Å². The molecule has 19 heavy (non-hydrogen) atoms. The van der Waals surface area contributed by atoms with Gasteiger partial charge in [-0.3, -0.25) is 0 Å². The summed E-state index contributed by atoms with van der Waals surface area (Å²) in [5.41, 5.74) is -0.407. The number of hydrogen-bond acceptors (Lipinski definition) is 3. The van der Waals surface area contributed by atoms with Crippen molar-refractivity contribution >= 4 is 0 Å². The predicted octanol–water partition coefficient (Wildman–Crippen LogP) is 3.89. The van der Waals surface area contributed by atoms with Gasteiger partial charge in [0.25, 0.3) is 0 Å². The van der Waals surface area contributed by atoms with E-state index in [4.69, 9.17) is 9.47 Å². The van der Waals surface area contributed by atoms with Crippen molar-refractivity contribution in [3.05, 3.63) is 0 Å². The van der Waals surface area contributed by atoms with Gasteiger partial charge in [-0.2, -0.15) is 5.26 Å². The van der Waals surface area contributed by atoms with Gasteiger partial charge in [0, 0.05) is 5.92 Å². The van der Waals surface area contributed by atoms with Crippen molar-refractivity contribution in [2.24, 2.45) is 17.3 Å². The summed E-state index contributed by atoms with van der Waals surface area (Å²) in [6.45, 7) is 5.39. The van der Waals surface area contributed by atoms with E-state index in [0.29, 0.717) is 19.1 Å². The first kappa shape index (κ1) is 14.8. The molecule has 2 fully saturated rings. The standard InChI is InChI=1S/C16H27NO2/c1-3-5-13-6-8-14(9-7-13)15-18-11-16(4-2,10-17)12-19-15/h13-15H,3-9,11-12H2,1-2H3/t13-,14-,15-,16+. The largest absolute Gasteiger partial charge is 0.351 e. The summed E-state index contributed by atoms with van der Waals surface area (Å²) in [6.07, 6.45) is 8.49. The van der Waals surface area contributed by atoms with Crippen LogP contribution in [0.15, 0.2) is 0 Å². The highest BCUT2D eigenvalue weighted by atomic mass is 16.7.